The van der Waals surface area contributed by atoms with E-state index in [1.54, 1.807) is 0 Å². The normalized spacial score (nSPS) is 17.9. The van der Waals surface area contributed by atoms with Crippen LogP contribution < -0.4 is 4.74 Å². The monoisotopic (exact) mass is 386 g/mol. The summed E-state index contributed by atoms with van der Waals surface area (Å²) in [4.78, 5) is 12.1. The molecule has 1 aliphatic heterocycles. The molecular formula is C25H38O3. The van der Waals surface area contributed by atoms with E-state index in [9.17, 15) is 4.79 Å². The first-order chi connectivity index (χ1) is 13.7. The average Bonchev–Trinajstić information content (AvgIpc) is 3.04. The molecule has 3 heteroatoms. The molecule has 0 spiro atoms. The number of benzene rings is 1. The van der Waals surface area contributed by atoms with Crippen molar-refractivity contribution in [1.29, 1.82) is 0 Å². The van der Waals surface area contributed by atoms with Crippen molar-refractivity contribution in [1.82, 2.24) is 0 Å². The summed E-state index contributed by atoms with van der Waals surface area (Å²) >= 11 is 0. The predicted octanol–water partition coefficient (Wildman–Crippen LogP) is 7.10. The Kier molecular flexibility index (Phi) is 10.8. The van der Waals surface area contributed by atoms with E-state index < -0.39 is 0 Å². The van der Waals surface area contributed by atoms with Crippen LogP contribution in [0.1, 0.15) is 96.5 Å². The van der Waals surface area contributed by atoms with Gasteiger partial charge in [0.1, 0.15) is 11.9 Å². The summed E-state index contributed by atoms with van der Waals surface area (Å²) in [6.07, 6.45) is 16.3. The molecule has 0 aromatic heterocycles. The summed E-state index contributed by atoms with van der Waals surface area (Å²) in [5.74, 6) is 0.750. The summed E-state index contributed by atoms with van der Waals surface area (Å²) < 4.78 is 11.3. The molecule has 0 unspecified atom stereocenters. The van der Waals surface area contributed by atoms with Gasteiger partial charge >= 0.3 is 5.97 Å². The van der Waals surface area contributed by atoms with E-state index >= 15 is 0 Å². The molecule has 28 heavy (non-hydrogen) atoms. The van der Waals surface area contributed by atoms with Crippen molar-refractivity contribution < 1.29 is 14.3 Å². The second-order valence-electron chi connectivity index (χ2n) is 7.94. The molecule has 1 aromatic carbocycles. The molecule has 1 fully saturated rings. The Labute approximate surface area is 171 Å². The number of esters is 1. The molecule has 3 nitrogen and oxygen atoms in total. The van der Waals surface area contributed by atoms with Crippen molar-refractivity contribution in [3.63, 3.8) is 0 Å². The lowest BCUT2D eigenvalue weighted by Crippen LogP contribution is -2.05. The lowest BCUT2D eigenvalue weighted by Gasteiger charge is -2.07. The van der Waals surface area contributed by atoms with Gasteiger partial charge in [0.05, 0.1) is 6.61 Å². The van der Waals surface area contributed by atoms with Crippen LogP contribution in [0.5, 0.6) is 5.75 Å². The predicted molar refractivity (Wildman–Crippen MR) is 117 cm³/mol. The molecule has 1 aliphatic rings. The van der Waals surface area contributed by atoms with Gasteiger partial charge in [-0.2, -0.15) is 0 Å². The first-order valence-electron chi connectivity index (χ1n) is 11.4. The molecule has 0 saturated carbocycles. The van der Waals surface area contributed by atoms with Gasteiger partial charge in [0.25, 0.3) is 0 Å². The summed E-state index contributed by atoms with van der Waals surface area (Å²) in [7, 11) is 0. The largest absolute Gasteiger partial charge is 0.494 e. The fourth-order valence-corrected chi connectivity index (χ4v) is 3.61. The highest BCUT2D eigenvalue weighted by atomic mass is 16.5. The van der Waals surface area contributed by atoms with Gasteiger partial charge in [0.15, 0.2) is 0 Å². The lowest BCUT2D eigenvalue weighted by molar-refractivity contribution is -0.139. The zero-order valence-corrected chi connectivity index (χ0v) is 17.9. The third kappa shape index (κ3) is 8.50. The molecule has 2 rings (SSSR count). The minimum Gasteiger partial charge on any atom is -0.494 e. The number of rotatable bonds is 14. The third-order valence-corrected chi connectivity index (χ3v) is 5.35. The smallest absolute Gasteiger partial charge is 0.334 e. The van der Waals surface area contributed by atoms with Gasteiger partial charge in [-0.05, 0) is 43.0 Å². The minimum atomic E-state index is -0.152. The van der Waals surface area contributed by atoms with E-state index in [0.717, 1.165) is 49.2 Å². The molecule has 1 aromatic rings. The van der Waals surface area contributed by atoms with Gasteiger partial charge in [-0.3, -0.25) is 0 Å². The van der Waals surface area contributed by atoms with Gasteiger partial charge in [-0.15, -0.1) is 0 Å². The second-order valence-corrected chi connectivity index (χ2v) is 7.94. The van der Waals surface area contributed by atoms with E-state index in [1.165, 1.54) is 51.4 Å². The molecule has 0 N–H and O–H groups in total. The highest BCUT2D eigenvalue weighted by Crippen LogP contribution is 2.27. The first kappa shape index (κ1) is 22.5. The van der Waals surface area contributed by atoms with E-state index in [2.05, 4.69) is 13.8 Å². The maximum atomic E-state index is 12.1. The molecule has 0 amide bonds. The zero-order chi connectivity index (χ0) is 20.0. The van der Waals surface area contributed by atoms with Crippen LogP contribution in [0.15, 0.2) is 29.8 Å². The Morgan fingerprint density at radius 2 is 1.57 bits per heavy atom. The molecule has 1 atom stereocenters. The summed E-state index contributed by atoms with van der Waals surface area (Å²) in [6.45, 7) is 5.22. The molecular weight excluding hydrogens is 348 g/mol. The van der Waals surface area contributed by atoms with Crippen molar-refractivity contribution in [2.45, 2.75) is 97.0 Å². The Bertz CT molecular complexity index is 588. The van der Waals surface area contributed by atoms with Gasteiger partial charge in [0.2, 0.25) is 0 Å². The Balaban J connectivity index is 1.69. The Hall–Kier alpha value is -1.77. The number of unbranched alkanes of at least 4 members (excludes halogenated alkanes) is 8. The lowest BCUT2D eigenvalue weighted by atomic mass is 10.0. The van der Waals surface area contributed by atoms with Crippen LogP contribution in [-0.2, 0) is 9.53 Å². The molecule has 1 heterocycles. The van der Waals surface area contributed by atoms with Crippen LogP contribution in [0.3, 0.4) is 0 Å². The van der Waals surface area contributed by atoms with Crippen LogP contribution in [0, 0.1) is 0 Å². The summed E-state index contributed by atoms with van der Waals surface area (Å²) in [5, 5.41) is 0. The molecule has 0 bridgehead atoms. The Morgan fingerprint density at radius 1 is 0.929 bits per heavy atom. The fourth-order valence-electron chi connectivity index (χ4n) is 3.61. The molecule has 1 saturated heterocycles. The quantitative estimate of drug-likeness (QED) is 0.194. The van der Waals surface area contributed by atoms with Gasteiger partial charge in [0, 0.05) is 12.0 Å². The second kappa shape index (κ2) is 13.4. The Morgan fingerprint density at radius 3 is 2.29 bits per heavy atom. The molecule has 0 radical (unpaired) electrons. The van der Waals surface area contributed by atoms with Gasteiger partial charge in [-0.1, -0.05) is 77.3 Å². The number of cyclic esters (lactones) is 1. The highest BCUT2D eigenvalue weighted by molar-refractivity contribution is 5.95. The van der Waals surface area contributed by atoms with E-state index in [-0.39, 0.29) is 12.1 Å². The molecule has 0 aliphatic carbocycles. The van der Waals surface area contributed by atoms with Crippen molar-refractivity contribution in [3.05, 3.63) is 35.4 Å². The number of carbonyl (C=O) groups excluding carboxylic acids is 1. The topological polar surface area (TPSA) is 35.5 Å². The van der Waals surface area contributed by atoms with Gasteiger partial charge < -0.3 is 9.47 Å². The number of ether oxygens (including phenoxy) is 2. The van der Waals surface area contributed by atoms with Crippen LogP contribution in [-0.4, -0.2) is 18.7 Å². The van der Waals surface area contributed by atoms with E-state index in [1.807, 2.05) is 30.3 Å². The summed E-state index contributed by atoms with van der Waals surface area (Å²) in [6, 6.07) is 8.02. The van der Waals surface area contributed by atoms with Crippen molar-refractivity contribution in [3.8, 4) is 5.75 Å². The zero-order valence-electron chi connectivity index (χ0n) is 17.9. The van der Waals surface area contributed by atoms with E-state index in [0.29, 0.717) is 0 Å². The maximum Gasteiger partial charge on any atom is 0.334 e. The van der Waals surface area contributed by atoms with Crippen LogP contribution in [0.25, 0.3) is 6.08 Å². The highest BCUT2D eigenvalue weighted by Gasteiger charge is 2.28. The van der Waals surface area contributed by atoms with Crippen LogP contribution in [0.4, 0.5) is 0 Å². The van der Waals surface area contributed by atoms with Crippen LogP contribution in [0.2, 0.25) is 0 Å². The maximum absolute atomic E-state index is 12.1. The SMILES string of the molecule is CCCCCCCCCOc1ccc(/C=C2/C[C@H](CCCCC)OC2=O)cc1. The average molecular weight is 387 g/mol. The molecule has 156 valence electrons. The minimum absolute atomic E-state index is 0.0647. The fraction of sp³-hybridized carbons (Fsp3) is 0.640. The van der Waals surface area contributed by atoms with Gasteiger partial charge in [-0.25, -0.2) is 4.79 Å². The summed E-state index contributed by atoms with van der Waals surface area (Å²) in [5.41, 5.74) is 1.82. The van der Waals surface area contributed by atoms with Crippen molar-refractivity contribution >= 4 is 12.0 Å². The first-order valence-corrected chi connectivity index (χ1v) is 11.4. The van der Waals surface area contributed by atoms with E-state index in [4.69, 9.17) is 9.47 Å². The number of carbonyl (C=O) groups is 1. The number of hydrogen-bond donors (Lipinski definition) is 0. The third-order valence-electron chi connectivity index (χ3n) is 5.35. The van der Waals surface area contributed by atoms with Crippen molar-refractivity contribution in [2.75, 3.05) is 6.61 Å². The van der Waals surface area contributed by atoms with Crippen molar-refractivity contribution in [2.24, 2.45) is 0 Å². The number of hydrogen-bond acceptors (Lipinski definition) is 3. The van der Waals surface area contributed by atoms with Crippen LogP contribution >= 0.6 is 0 Å². The standard InChI is InChI=1S/C25H38O3/c1-3-5-7-8-9-10-12-18-27-23-16-14-21(15-17-23)19-22-20-24(28-25(22)26)13-11-6-4-2/h14-17,19,24H,3-13,18,20H2,1-2H3/b22-19-/t24-/m0/s1.